The van der Waals surface area contributed by atoms with Gasteiger partial charge in [0, 0.05) is 6.04 Å². The highest BCUT2D eigenvalue weighted by atomic mass is 16.2. The van der Waals surface area contributed by atoms with Crippen LogP contribution in [0.3, 0.4) is 0 Å². The molecule has 0 spiro atoms. The molecule has 0 unspecified atom stereocenters. The summed E-state index contributed by atoms with van der Waals surface area (Å²) >= 11 is 0. The lowest BCUT2D eigenvalue weighted by Gasteiger charge is -2.41. The monoisotopic (exact) mass is 173 g/mol. The van der Waals surface area contributed by atoms with Gasteiger partial charge in [-0.1, -0.05) is 24.3 Å². The van der Waals surface area contributed by atoms with Gasteiger partial charge in [-0.3, -0.25) is 4.79 Å². The van der Waals surface area contributed by atoms with Crippen molar-refractivity contribution in [3.63, 3.8) is 0 Å². The number of rotatable bonds is 0. The van der Waals surface area contributed by atoms with Crippen molar-refractivity contribution in [1.29, 1.82) is 0 Å². The number of fused-ring (bicyclic) bond motifs is 2. The van der Waals surface area contributed by atoms with E-state index in [1.807, 2.05) is 0 Å². The summed E-state index contributed by atoms with van der Waals surface area (Å²) in [6.07, 6.45) is 1.96. The van der Waals surface area contributed by atoms with E-state index in [0.29, 0.717) is 6.04 Å². The van der Waals surface area contributed by atoms with E-state index >= 15 is 0 Å². The molecule has 2 aliphatic rings. The molecule has 1 aromatic carbocycles. The third-order valence-electron chi connectivity index (χ3n) is 3.15. The average molecular weight is 173 g/mol. The highest BCUT2D eigenvalue weighted by Crippen LogP contribution is 2.30. The summed E-state index contributed by atoms with van der Waals surface area (Å²) in [5.41, 5.74) is 2.77. The van der Waals surface area contributed by atoms with Gasteiger partial charge in [0.1, 0.15) is 0 Å². The van der Waals surface area contributed by atoms with Crippen molar-refractivity contribution in [2.45, 2.75) is 18.9 Å². The Morgan fingerprint density at radius 1 is 1.15 bits per heavy atom. The van der Waals surface area contributed by atoms with Crippen LogP contribution in [0.15, 0.2) is 24.3 Å². The maximum Gasteiger partial charge on any atom is 0.225 e. The van der Waals surface area contributed by atoms with Gasteiger partial charge in [0.2, 0.25) is 5.91 Å². The molecule has 0 aromatic heterocycles. The molecule has 2 nitrogen and oxygen atoms in total. The van der Waals surface area contributed by atoms with Gasteiger partial charge in [0.25, 0.3) is 0 Å². The van der Waals surface area contributed by atoms with Gasteiger partial charge < -0.3 is 5.32 Å². The van der Waals surface area contributed by atoms with Crippen LogP contribution in [0.5, 0.6) is 0 Å². The Labute approximate surface area is 77.0 Å². The summed E-state index contributed by atoms with van der Waals surface area (Å²) in [6.45, 7) is 0. The maximum atomic E-state index is 11.2. The van der Waals surface area contributed by atoms with Gasteiger partial charge in [0.05, 0.1) is 5.92 Å². The topological polar surface area (TPSA) is 29.1 Å². The van der Waals surface area contributed by atoms with Crippen LogP contribution in [-0.2, 0) is 17.6 Å². The molecule has 1 N–H and O–H groups in total. The molecule has 66 valence electrons. The summed E-state index contributed by atoms with van der Waals surface area (Å²) in [5.74, 6) is 0.495. The molecule has 1 aliphatic heterocycles. The van der Waals surface area contributed by atoms with Crippen LogP contribution in [0.2, 0.25) is 0 Å². The number of benzene rings is 1. The second kappa shape index (κ2) is 2.34. The van der Waals surface area contributed by atoms with Gasteiger partial charge in [-0.25, -0.2) is 0 Å². The van der Waals surface area contributed by atoms with Crippen molar-refractivity contribution in [2.75, 3.05) is 0 Å². The molecule has 3 rings (SSSR count). The predicted octanol–water partition coefficient (Wildman–Crippen LogP) is 0.900. The zero-order valence-electron chi connectivity index (χ0n) is 7.29. The molecule has 1 aromatic rings. The summed E-state index contributed by atoms with van der Waals surface area (Å²) in [6, 6.07) is 8.84. The average Bonchev–Trinajstić information content (AvgIpc) is 2.16. The zero-order valence-corrected chi connectivity index (χ0v) is 7.29. The SMILES string of the molecule is O=C1N[C@H]2Cc3ccccc3C[C@@H]12. The molecule has 1 heterocycles. The first-order valence-corrected chi connectivity index (χ1v) is 4.72. The second-order valence-corrected chi connectivity index (χ2v) is 3.90. The summed E-state index contributed by atoms with van der Waals surface area (Å²) in [4.78, 5) is 11.2. The van der Waals surface area contributed by atoms with E-state index in [4.69, 9.17) is 0 Å². The minimum absolute atomic E-state index is 0.236. The van der Waals surface area contributed by atoms with E-state index in [1.165, 1.54) is 11.1 Å². The Hall–Kier alpha value is -1.31. The summed E-state index contributed by atoms with van der Waals surface area (Å²) in [7, 11) is 0. The molecular weight excluding hydrogens is 162 g/mol. The van der Waals surface area contributed by atoms with E-state index in [2.05, 4.69) is 29.6 Å². The minimum atomic E-state index is 0.236. The standard InChI is InChI=1S/C11H11NO/c13-11-9-5-7-3-1-2-4-8(7)6-10(9)12-11/h1-4,9-10H,5-6H2,(H,12,13)/t9-,10+/m1/s1. The lowest BCUT2D eigenvalue weighted by molar-refractivity contribution is -0.135. The Kier molecular flexibility index (Phi) is 1.29. The molecule has 1 aliphatic carbocycles. The Morgan fingerprint density at radius 3 is 2.54 bits per heavy atom. The quantitative estimate of drug-likeness (QED) is 0.580. The van der Waals surface area contributed by atoms with E-state index in [0.717, 1.165) is 12.8 Å². The van der Waals surface area contributed by atoms with Crippen molar-refractivity contribution in [2.24, 2.45) is 5.92 Å². The minimum Gasteiger partial charge on any atom is -0.352 e. The van der Waals surface area contributed by atoms with Gasteiger partial charge in [-0.05, 0) is 24.0 Å². The fourth-order valence-electron chi connectivity index (χ4n) is 2.33. The number of hydrogen-bond acceptors (Lipinski definition) is 1. The molecular formula is C11H11NO. The third-order valence-corrected chi connectivity index (χ3v) is 3.15. The zero-order chi connectivity index (χ0) is 8.84. The molecule has 1 fully saturated rings. The Balaban J connectivity index is 1.99. The van der Waals surface area contributed by atoms with Gasteiger partial charge >= 0.3 is 0 Å². The van der Waals surface area contributed by atoms with Crippen LogP contribution in [0.4, 0.5) is 0 Å². The van der Waals surface area contributed by atoms with Crippen molar-refractivity contribution in [1.82, 2.24) is 5.32 Å². The molecule has 0 bridgehead atoms. The lowest BCUT2D eigenvalue weighted by Crippen LogP contribution is -2.61. The number of amides is 1. The Morgan fingerprint density at radius 2 is 1.85 bits per heavy atom. The second-order valence-electron chi connectivity index (χ2n) is 3.90. The van der Waals surface area contributed by atoms with Crippen LogP contribution in [0, 0.1) is 5.92 Å². The van der Waals surface area contributed by atoms with Gasteiger partial charge in [0.15, 0.2) is 0 Å². The first kappa shape index (κ1) is 7.13. The third kappa shape index (κ3) is 0.916. The normalized spacial score (nSPS) is 29.7. The smallest absolute Gasteiger partial charge is 0.225 e. The van der Waals surface area contributed by atoms with Crippen LogP contribution in [0.25, 0.3) is 0 Å². The molecule has 2 heteroatoms. The van der Waals surface area contributed by atoms with Crippen molar-refractivity contribution < 1.29 is 4.79 Å². The number of carbonyl (C=O) groups excluding carboxylic acids is 1. The van der Waals surface area contributed by atoms with Crippen LogP contribution in [0.1, 0.15) is 11.1 Å². The summed E-state index contributed by atoms with van der Waals surface area (Å²) in [5, 5.41) is 2.95. The first-order valence-electron chi connectivity index (χ1n) is 4.72. The summed E-state index contributed by atoms with van der Waals surface area (Å²) < 4.78 is 0. The molecule has 0 saturated carbocycles. The van der Waals surface area contributed by atoms with E-state index in [1.54, 1.807) is 0 Å². The number of carbonyl (C=O) groups is 1. The Bertz CT molecular complexity index is 372. The predicted molar refractivity (Wildman–Crippen MR) is 49.3 cm³/mol. The maximum absolute atomic E-state index is 11.2. The fourth-order valence-corrected chi connectivity index (χ4v) is 2.33. The molecule has 13 heavy (non-hydrogen) atoms. The van der Waals surface area contributed by atoms with Gasteiger partial charge in [-0.15, -0.1) is 0 Å². The van der Waals surface area contributed by atoms with Crippen LogP contribution >= 0.6 is 0 Å². The van der Waals surface area contributed by atoms with Crippen molar-refractivity contribution >= 4 is 5.91 Å². The van der Waals surface area contributed by atoms with E-state index in [-0.39, 0.29) is 11.8 Å². The van der Waals surface area contributed by atoms with E-state index in [9.17, 15) is 4.79 Å². The first-order chi connectivity index (χ1) is 6.34. The van der Waals surface area contributed by atoms with Crippen molar-refractivity contribution in [3.05, 3.63) is 35.4 Å². The molecule has 2 atom stereocenters. The molecule has 1 amide bonds. The largest absolute Gasteiger partial charge is 0.352 e. The van der Waals surface area contributed by atoms with Gasteiger partial charge in [-0.2, -0.15) is 0 Å². The lowest BCUT2D eigenvalue weighted by atomic mass is 9.75. The molecule has 1 saturated heterocycles. The number of β-lactam (4-membered cyclic amide) rings is 1. The van der Waals surface area contributed by atoms with Crippen molar-refractivity contribution in [3.8, 4) is 0 Å². The number of hydrogen-bond donors (Lipinski definition) is 1. The fraction of sp³-hybridized carbons (Fsp3) is 0.364. The highest BCUT2D eigenvalue weighted by Gasteiger charge is 2.41. The van der Waals surface area contributed by atoms with Crippen LogP contribution in [-0.4, -0.2) is 11.9 Å². The molecule has 0 radical (unpaired) electrons. The van der Waals surface area contributed by atoms with Crippen LogP contribution < -0.4 is 5.32 Å². The van der Waals surface area contributed by atoms with E-state index < -0.39 is 0 Å². The highest BCUT2D eigenvalue weighted by molar-refractivity contribution is 5.86. The number of nitrogens with one attached hydrogen (secondary N) is 1.